The predicted octanol–water partition coefficient (Wildman–Crippen LogP) is 5.93. The Morgan fingerprint density at radius 3 is 2.27 bits per heavy atom. The average Bonchev–Trinajstić information content (AvgIpc) is 3.03. The normalized spacial score (nSPS) is 25.4. The first-order valence-electron chi connectivity index (χ1n) is 16.5. The summed E-state index contributed by atoms with van der Waals surface area (Å²) >= 11 is 0. The Hall–Kier alpha value is -4.01. The van der Waals surface area contributed by atoms with Gasteiger partial charge in [0.05, 0.1) is 6.61 Å². The lowest BCUT2D eigenvalue weighted by molar-refractivity contribution is -0.0629. The number of hydrogen-bond acceptors (Lipinski definition) is 6. The van der Waals surface area contributed by atoms with Crippen LogP contribution < -0.4 is 9.64 Å². The Morgan fingerprint density at radius 1 is 0.933 bits per heavy atom. The molecule has 8 rings (SSSR count). The summed E-state index contributed by atoms with van der Waals surface area (Å²) in [5, 5.41) is 8.71. The minimum Gasteiger partial charge on any atom is -0.494 e. The average molecular weight is 612 g/mol. The summed E-state index contributed by atoms with van der Waals surface area (Å²) in [6.45, 7) is 5.35. The standard InChI is InChI=1S/C36H42FN5O3/c1-3-45-29-6-4-5-27(18-29)30-8-7-28(19-31(30)37)34(43)42-13-11-41(12-14-42)33-10-9-32(38-39-33)35(44)40(2)23-36-20-24-15-25(21-36)17-26(16-24)22-36/h4-10,18-19,24-26H,3,11-17,20-23H2,1-2H3. The van der Waals surface area contributed by atoms with Crippen LogP contribution >= 0.6 is 0 Å². The summed E-state index contributed by atoms with van der Waals surface area (Å²) in [4.78, 5) is 32.2. The largest absolute Gasteiger partial charge is 0.494 e. The lowest BCUT2D eigenvalue weighted by Crippen LogP contribution is -2.51. The van der Waals surface area contributed by atoms with Gasteiger partial charge in [0.1, 0.15) is 11.6 Å². The number of carbonyl (C=O) groups is 2. The first kappa shape index (κ1) is 29.7. The Labute approximate surface area is 264 Å². The quantitative estimate of drug-likeness (QED) is 0.314. The van der Waals surface area contributed by atoms with Crippen molar-refractivity contribution in [3.05, 3.63) is 71.7 Å². The highest BCUT2D eigenvalue weighted by atomic mass is 19.1. The summed E-state index contributed by atoms with van der Waals surface area (Å²) in [5.74, 6) is 3.21. The highest BCUT2D eigenvalue weighted by Gasteiger charge is 2.51. The second-order valence-corrected chi connectivity index (χ2v) is 13.8. The van der Waals surface area contributed by atoms with Gasteiger partial charge >= 0.3 is 0 Å². The molecule has 2 aromatic carbocycles. The molecule has 5 fully saturated rings. The van der Waals surface area contributed by atoms with Crippen molar-refractivity contribution < 1.29 is 18.7 Å². The van der Waals surface area contributed by atoms with Gasteiger partial charge in [-0.2, -0.15) is 0 Å². The van der Waals surface area contributed by atoms with Gasteiger partial charge in [-0.15, -0.1) is 10.2 Å². The van der Waals surface area contributed by atoms with Crippen LogP contribution in [0.4, 0.5) is 10.2 Å². The lowest BCUT2D eigenvalue weighted by Gasteiger charge is -2.57. The first-order chi connectivity index (χ1) is 21.8. The van der Waals surface area contributed by atoms with Crippen LogP contribution in [-0.2, 0) is 0 Å². The van der Waals surface area contributed by atoms with Crippen molar-refractivity contribution in [2.75, 3.05) is 51.3 Å². The van der Waals surface area contributed by atoms with Crippen molar-refractivity contribution >= 4 is 17.6 Å². The Balaban J connectivity index is 0.937. The van der Waals surface area contributed by atoms with Crippen LogP contribution in [0.2, 0.25) is 0 Å². The summed E-state index contributed by atoms with van der Waals surface area (Å²) in [6.07, 6.45) is 7.97. The van der Waals surface area contributed by atoms with Crippen molar-refractivity contribution in [2.45, 2.75) is 45.4 Å². The maximum absolute atomic E-state index is 15.1. The van der Waals surface area contributed by atoms with Crippen LogP contribution in [0.1, 0.15) is 66.3 Å². The van der Waals surface area contributed by atoms with E-state index in [0.717, 1.165) is 24.3 Å². The number of halogens is 1. The molecule has 4 aliphatic carbocycles. The van der Waals surface area contributed by atoms with Gasteiger partial charge in [-0.1, -0.05) is 18.2 Å². The molecule has 1 aliphatic heterocycles. The summed E-state index contributed by atoms with van der Waals surface area (Å²) in [6, 6.07) is 15.6. The molecule has 0 spiro atoms. The number of ether oxygens (including phenoxy) is 1. The second-order valence-electron chi connectivity index (χ2n) is 13.8. The van der Waals surface area contributed by atoms with Crippen LogP contribution in [-0.4, -0.2) is 78.2 Å². The van der Waals surface area contributed by atoms with Gasteiger partial charge < -0.3 is 19.4 Å². The molecule has 8 nitrogen and oxygen atoms in total. The molecule has 0 unspecified atom stereocenters. The maximum atomic E-state index is 15.1. The van der Waals surface area contributed by atoms with E-state index < -0.39 is 5.82 Å². The highest BCUT2D eigenvalue weighted by Crippen LogP contribution is 2.60. The van der Waals surface area contributed by atoms with E-state index >= 15 is 4.39 Å². The number of aromatic nitrogens is 2. The van der Waals surface area contributed by atoms with Gasteiger partial charge in [-0.3, -0.25) is 9.59 Å². The van der Waals surface area contributed by atoms with E-state index in [-0.39, 0.29) is 17.2 Å². The van der Waals surface area contributed by atoms with E-state index in [4.69, 9.17) is 4.74 Å². The lowest BCUT2D eigenvalue weighted by atomic mass is 9.49. The van der Waals surface area contributed by atoms with Gasteiger partial charge in [-0.05, 0) is 111 Å². The van der Waals surface area contributed by atoms with Gasteiger partial charge in [0.25, 0.3) is 11.8 Å². The molecule has 1 aromatic heterocycles. The van der Waals surface area contributed by atoms with Gasteiger partial charge in [0.15, 0.2) is 11.5 Å². The topological polar surface area (TPSA) is 78.9 Å². The Kier molecular flexibility index (Phi) is 7.96. The number of piperazine rings is 1. The zero-order valence-electron chi connectivity index (χ0n) is 26.3. The first-order valence-corrected chi connectivity index (χ1v) is 16.5. The summed E-state index contributed by atoms with van der Waals surface area (Å²) in [7, 11) is 1.91. The molecule has 236 valence electrons. The zero-order chi connectivity index (χ0) is 31.1. The fourth-order valence-corrected chi connectivity index (χ4v) is 8.99. The van der Waals surface area contributed by atoms with Crippen molar-refractivity contribution in [1.82, 2.24) is 20.0 Å². The van der Waals surface area contributed by atoms with Gasteiger partial charge in [-0.25, -0.2) is 4.39 Å². The van der Waals surface area contributed by atoms with Crippen molar-refractivity contribution in [3.8, 4) is 16.9 Å². The fourth-order valence-electron chi connectivity index (χ4n) is 8.99. The van der Waals surface area contributed by atoms with Crippen molar-refractivity contribution in [3.63, 3.8) is 0 Å². The number of carbonyl (C=O) groups excluding carboxylic acids is 2. The Bertz CT molecular complexity index is 1530. The van der Waals surface area contributed by atoms with E-state index in [2.05, 4.69) is 15.1 Å². The highest BCUT2D eigenvalue weighted by molar-refractivity contribution is 5.95. The number of nitrogens with zero attached hydrogens (tertiary/aromatic N) is 5. The van der Waals surface area contributed by atoms with Crippen LogP contribution in [0.25, 0.3) is 11.1 Å². The minimum absolute atomic E-state index is 0.0690. The van der Waals surface area contributed by atoms with E-state index in [9.17, 15) is 9.59 Å². The molecule has 5 aliphatic rings. The summed E-state index contributed by atoms with van der Waals surface area (Å²) < 4.78 is 20.7. The van der Waals surface area contributed by atoms with Crippen LogP contribution in [0.3, 0.4) is 0 Å². The summed E-state index contributed by atoms with van der Waals surface area (Å²) in [5.41, 5.74) is 2.11. The molecule has 0 atom stereocenters. The maximum Gasteiger partial charge on any atom is 0.274 e. The predicted molar refractivity (Wildman–Crippen MR) is 171 cm³/mol. The molecular weight excluding hydrogens is 569 g/mol. The molecule has 9 heteroatoms. The molecular formula is C36H42FN5O3. The van der Waals surface area contributed by atoms with Crippen LogP contribution in [0.15, 0.2) is 54.6 Å². The zero-order valence-corrected chi connectivity index (χ0v) is 26.3. The molecule has 0 radical (unpaired) electrons. The smallest absolute Gasteiger partial charge is 0.274 e. The molecule has 0 N–H and O–H groups in total. The third-order valence-corrected chi connectivity index (χ3v) is 10.5. The number of rotatable bonds is 8. The molecule has 45 heavy (non-hydrogen) atoms. The monoisotopic (exact) mass is 611 g/mol. The van der Waals surface area contributed by atoms with Gasteiger partial charge in [0, 0.05) is 50.9 Å². The molecule has 4 saturated carbocycles. The van der Waals surface area contributed by atoms with Crippen LogP contribution in [0.5, 0.6) is 5.75 Å². The fraction of sp³-hybridized carbons (Fsp3) is 0.500. The van der Waals surface area contributed by atoms with Gasteiger partial charge in [0.2, 0.25) is 0 Å². The molecule has 3 aromatic rings. The molecule has 1 saturated heterocycles. The SMILES string of the molecule is CCOc1cccc(-c2ccc(C(=O)N3CCN(c4ccc(C(=O)N(C)CC56CC7CC(CC(C7)C5)C6)nn4)CC3)cc2F)c1. The number of anilines is 1. The number of hydrogen-bond donors (Lipinski definition) is 0. The van der Waals surface area contributed by atoms with E-state index in [1.54, 1.807) is 29.2 Å². The van der Waals surface area contributed by atoms with E-state index in [1.807, 2.05) is 43.1 Å². The third kappa shape index (κ3) is 6.01. The van der Waals surface area contributed by atoms with Crippen molar-refractivity contribution in [1.29, 1.82) is 0 Å². The third-order valence-electron chi connectivity index (χ3n) is 10.5. The molecule has 4 bridgehead atoms. The second kappa shape index (κ2) is 12.1. The molecule has 2 amide bonds. The number of benzene rings is 2. The van der Waals surface area contributed by atoms with Crippen LogP contribution in [0, 0.1) is 29.0 Å². The van der Waals surface area contributed by atoms with Crippen molar-refractivity contribution in [2.24, 2.45) is 23.2 Å². The van der Waals surface area contributed by atoms with E-state index in [1.165, 1.54) is 44.6 Å². The molecule has 2 heterocycles. The minimum atomic E-state index is -0.443. The number of amides is 2. The Morgan fingerprint density at radius 2 is 1.64 bits per heavy atom. The van der Waals surface area contributed by atoms with E-state index in [0.29, 0.717) is 66.7 Å².